The third-order valence-corrected chi connectivity index (χ3v) is 2.58. The molecule has 0 aliphatic heterocycles. The molecule has 96 valence electrons. The van der Waals surface area contributed by atoms with Gasteiger partial charge >= 0.3 is 0 Å². The van der Waals surface area contributed by atoms with Gasteiger partial charge in [0, 0.05) is 6.07 Å². The molecular weight excluding hydrogens is 242 g/mol. The lowest BCUT2D eigenvalue weighted by molar-refractivity contribution is -0.384. The maximum Gasteiger partial charge on any atom is 0.294 e. The predicted octanol–water partition coefficient (Wildman–Crippen LogP) is 3.35. The monoisotopic (exact) mass is 255 g/mol. The summed E-state index contributed by atoms with van der Waals surface area (Å²) in [6.45, 7) is 2.01. The average molecular weight is 255 g/mol. The van der Waals surface area contributed by atoms with Crippen LogP contribution in [0.4, 0.5) is 11.4 Å². The molecule has 5 heteroatoms. The summed E-state index contributed by atoms with van der Waals surface area (Å²) in [5, 5.41) is 14.8. The molecule has 0 aliphatic rings. The van der Waals surface area contributed by atoms with E-state index in [0.717, 1.165) is 5.56 Å². The number of nitrogens with zero attached hydrogens (tertiary/aromatic N) is 2. The van der Waals surface area contributed by atoms with Crippen molar-refractivity contribution in [3.8, 4) is 0 Å². The number of nitro benzene ring substituents is 1. The number of aryl methyl sites for hydroxylation is 1. The summed E-state index contributed by atoms with van der Waals surface area (Å²) in [6.07, 6.45) is 1.62. The summed E-state index contributed by atoms with van der Waals surface area (Å²) in [5.74, 6) is 0. The van der Waals surface area contributed by atoms with Crippen molar-refractivity contribution in [1.29, 1.82) is 0 Å². The number of rotatable bonds is 4. The predicted molar refractivity (Wildman–Crippen MR) is 75.5 cm³/mol. The number of nitrogens with one attached hydrogen (secondary N) is 1. The first kappa shape index (κ1) is 12.8. The van der Waals surface area contributed by atoms with Crippen molar-refractivity contribution in [3.05, 3.63) is 69.8 Å². The second kappa shape index (κ2) is 5.77. The molecule has 0 amide bonds. The normalized spacial score (nSPS) is 10.6. The van der Waals surface area contributed by atoms with E-state index in [1.807, 2.05) is 31.2 Å². The molecule has 0 radical (unpaired) electrons. The number of anilines is 1. The van der Waals surface area contributed by atoms with Crippen molar-refractivity contribution < 1.29 is 4.92 Å². The standard InChI is InChI=1S/C14H13N3O2/c1-11-6-8-12(9-7-11)10-15-16-13-4-2-3-5-14(13)17(18)19/h2-10,16H,1H3. The zero-order valence-electron chi connectivity index (χ0n) is 10.4. The van der Waals surface area contributed by atoms with Crippen LogP contribution in [0.1, 0.15) is 11.1 Å². The van der Waals surface area contributed by atoms with Crippen LogP contribution in [0.3, 0.4) is 0 Å². The van der Waals surface area contributed by atoms with Crippen LogP contribution in [0.25, 0.3) is 0 Å². The summed E-state index contributed by atoms with van der Waals surface area (Å²) in [6, 6.07) is 14.2. The highest BCUT2D eigenvalue weighted by Crippen LogP contribution is 2.22. The second-order valence-electron chi connectivity index (χ2n) is 4.05. The molecule has 0 unspecified atom stereocenters. The number of benzene rings is 2. The van der Waals surface area contributed by atoms with Gasteiger partial charge in [-0.25, -0.2) is 0 Å². The molecule has 0 heterocycles. The van der Waals surface area contributed by atoms with E-state index in [-0.39, 0.29) is 5.69 Å². The Hall–Kier alpha value is -2.69. The molecule has 0 fully saturated rings. The lowest BCUT2D eigenvalue weighted by Gasteiger charge is -2.01. The first-order chi connectivity index (χ1) is 9.16. The molecule has 1 N–H and O–H groups in total. The topological polar surface area (TPSA) is 67.5 Å². The Kier molecular flexibility index (Phi) is 3.87. The quantitative estimate of drug-likeness (QED) is 0.517. The zero-order valence-corrected chi connectivity index (χ0v) is 10.4. The van der Waals surface area contributed by atoms with Crippen molar-refractivity contribution in [2.24, 2.45) is 5.10 Å². The second-order valence-corrected chi connectivity index (χ2v) is 4.05. The molecule has 0 saturated carbocycles. The van der Waals surface area contributed by atoms with Gasteiger partial charge in [0.2, 0.25) is 0 Å². The summed E-state index contributed by atoms with van der Waals surface area (Å²) >= 11 is 0. The van der Waals surface area contributed by atoms with Gasteiger partial charge in [-0.1, -0.05) is 42.0 Å². The van der Waals surface area contributed by atoms with Gasteiger partial charge in [0.25, 0.3) is 5.69 Å². The van der Waals surface area contributed by atoms with E-state index in [2.05, 4.69) is 10.5 Å². The summed E-state index contributed by atoms with van der Waals surface area (Å²) in [4.78, 5) is 10.4. The Morgan fingerprint density at radius 2 is 1.84 bits per heavy atom. The molecule has 2 rings (SSSR count). The van der Waals surface area contributed by atoms with Crippen molar-refractivity contribution in [3.63, 3.8) is 0 Å². The van der Waals surface area contributed by atoms with Crippen molar-refractivity contribution in [2.75, 3.05) is 5.43 Å². The third-order valence-electron chi connectivity index (χ3n) is 2.58. The molecule has 0 saturated heterocycles. The van der Waals surface area contributed by atoms with E-state index in [1.54, 1.807) is 24.4 Å². The molecule has 5 nitrogen and oxygen atoms in total. The van der Waals surface area contributed by atoms with Gasteiger partial charge in [-0.05, 0) is 18.6 Å². The Bertz CT molecular complexity index is 606. The molecule has 2 aromatic carbocycles. The maximum absolute atomic E-state index is 10.8. The summed E-state index contributed by atoms with van der Waals surface area (Å²) in [5.41, 5.74) is 5.16. The fourth-order valence-corrected chi connectivity index (χ4v) is 1.56. The molecule has 0 atom stereocenters. The van der Waals surface area contributed by atoms with Gasteiger partial charge in [-0.2, -0.15) is 5.10 Å². The number of hydrogen-bond donors (Lipinski definition) is 1. The van der Waals surface area contributed by atoms with E-state index in [4.69, 9.17) is 0 Å². The van der Waals surface area contributed by atoms with Crippen molar-refractivity contribution >= 4 is 17.6 Å². The zero-order chi connectivity index (χ0) is 13.7. The third kappa shape index (κ3) is 3.38. The highest BCUT2D eigenvalue weighted by Gasteiger charge is 2.10. The lowest BCUT2D eigenvalue weighted by Crippen LogP contribution is -1.96. The Morgan fingerprint density at radius 3 is 2.53 bits per heavy atom. The van der Waals surface area contributed by atoms with Gasteiger partial charge in [-0.15, -0.1) is 0 Å². The van der Waals surface area contributed by atoms with Gasteiger partial charge in [-0.3, -0.25) is 15.5 Å². The van der Waals surface area contributed by atoms with Gasteiger partial charge in [0.15, 0.2) is 0 Å². The molecular formula is C14H13N3O2. The highest BCUT2D eigenvalue weighted by molar-refractivity contribution is 5.80. The van der Waals surface area contributed by atoms with Gasteiger partial charge in [0.1, 0.15) is 5.69 Å². The van der Waals surface area contributed by atoms with E-state index < -0.39 is 4.92 Å². The van der Waals surface area contributed by atoms with Crippen LogP contribution in [0.5, 0.6) is 0 Å². The van der Waals surface area contributed by atoms with E-state index in [0.29, 0.717) is 5.69 Å². The van der Waals surface area contributed by atoms with Gasteiger partial charge in [0.05, 0.1) is 11.1 Å². The van der Waals surface area contributed by atoms with Crippen LogP contribution in [0.2, 0.25) is 0 Å². The largest absolute Gasteiger partial charge is 0.294 e. The molecule has 0 aromatic heterocycles. The minimum atomic E-state index is -0.441. The smallest absolute Gasteiger partial charge is 0.272 e. The fourth-order valence-electron chi connectivity index (χ4n) is 1.56. The van der Waals surface area contributed by atoms with Crippen LogP contribution in [-0.2, 0) is 0 Å². The summed E-state index contributed by atoms with van der Waals surface area (Å²) < 4.78 is 0. The van der Waals surface area contributed by atoms with E-state index in [9.17, 15) is 10.1 Å². The Balaban J connectivity index is 2.10. The minimum Gasteiger partial charge on any atom is -0.272 e. The highest BCUT2D eigenvalue weighted by atomic mass is 16.6. The number of hydrogen-bond acceptors (Lipinski definition) is 4. The number of para-hydroxylation sites is 2. The minimum absolute atomic E-state index is 0.00329. The number of nitro groups is 1. The number of hydrazone groups is 1. The first-order valence-corrected chi connectivity index (χ1v) is 5.76. The molecule has 19 heavy (non-hydrogen) atoms. The van der Waals surface area contributed by atoms with Crippen LogP contribution < -0.4 is 5.43 Å². The fraction of sp³-hybridized carbons (Fsp3) is 0.0714. The lowest BCUT2D eigenvalue weighted by atomic mass is 10.2. The summed E-state index contributed by atoms with van der Waals surface area (Å²) in [7, 11) is 0. The Morgan fingerprint density at radius 1 is 1.16 bits per heavy atom. The molecule has 0 aliphatic carbocycles. The van der Waals surface area contributed by atoms with Crippen LogP contribution >= 0.6 is 0 Å². The van der Waals surface area contributed by atoms with E-state index >= 15 is 0 Å². The van der Waals surface area contributed by atoms with Crippen LogP contribution in [0.15, 0.2) is 53.6 Å². The first-order valence-electron chi connectivity index (χ1n) is 5.76. The van der Waals surface area contributed by atoms with Crippen LogP contribution in [0, 0.1) is 17.0 Å². The van der Waals surface area contributed by atoms with Crippen LogP contribution in [-0.4, -0.2) is 11.1 Å². The molecule has 2 aromatic rings. The van der Waals surface area contributed by atoms with E-state index in [1.165, 1.54) is 11.6 Å². The average Bonchev–Trinajstić information content (AvgIpc) is 2.41. The SMILES string of the molecule is Cc1ccc(C=NNc2ccccc2[N+](=O)[O-])cc1. The Labute approximate surface area is 110 Å². The maximum atomic E-state index is 10.8. The van der Waals surface area contributed by atoms with Crippen molar-refractivity contribution in [2.45, 2.75) is 6.92 Å². The van der Waals surface area contributed by atoms with Crippen molar-refractivity contribution in [1.82, 2.24) is 0 Å². The molecule has 0 bridgehead atoms. The van der Waals surface area contributed by atoms with Gasteiger partial charge < -0.3 is 0 Å². The molecule has 0 spiro atoms.